The van der Waals surface area contributed by atoms with E-state index in [1.165, 1.54) is 6.08 Å². The van der Waals surface area contributed by atoms with Crippen molar-refractivity contribution in [2.24, 2.45) is 0 Å². The number of halogens is 2. The van der Waals surface area contributed by atoms with Gasteiger partial charge in [-0.2, -0.15) is 0 Å². The Labute approximate surface area is 165 Å². The van der Waals surface area contributed by atoms with Crippen LogP contribution < -0.4 is 15.4 Å². The van der Waals surface area contributed by atoms with E-state index in [1.54, 1.807) is 18.2 Å². The molecule has 0 spiro atoms. The molecule has 1 aliphatic rings. The highest BCUT2D eigenvalue weighted by molar-refractivity contribution is 9.10. The molecule has 1 heterocycles. The van der Waals surface area contributed by atoms with E-state index in [0.717, 1.165) is 10.0 Å². The molecule has 4 amide bonds. The van der Waals surface area contributed by atoms with Gasteiger partial charge in [0.05, 0.1) is 4.47 Å². The minimum absolute atomic E-state index is 0.139. The molecule has 1 saturated heterocycles. The summed E-state index contributed by atoms with van der Waals surface area (Å²) in [7, 11) is 0. The molecule has 0 unspecified atom stereocenters. The molecule has 0 radical (unpaired) electrons. The molecular weight excluding hydrogens is 468 g/mol. The lowest BCUT2D eigenvalue weighted by Gasteiger charge is -2.14. The summed E-state index contributed by atoms with van der Waals surface area (Å²) in [4.78, 5) is 34.6. The van der Waals surface area contributed by atoms with Crippen LogP contribution >= 0.6 is 31.9 Å². The van der Waals surface area contributed by atoms with Gasteiger partial charge in [0, 0.05) is 4.47 Å². The van der Waals surface area contributed by atoms with Crippen molar-refractivity contribution in [3.8, 4) is 5.75 Å². The Morgan fingerprint density at radius 2 is 1.58 bits per heavy atom. The zero-order valence-electron chi connectivity index (χ0n) is 13.2. The first-order valence-corrected chi connectivity index (χ1v) is 9.06. The van der Waals surface area contributed by atoms with Crippen molar-refractivity contribution in [3.63, 3.8) is 0 Å². The fourth-order valence-electron chi connectivity index (χ4n) is 2.24. The molecule has 1 aliphatic heterocycles. The predicted molar refractivity (Wildman–Crippen MR) is 102 cm³/mol. The highest BCUT2D eigenvalue weighted by atomic mass is 79.9. The number of imide groups is 2. The number of barbiturate groups is 1. The first-order chi connectivity index (χ1) is 12.4. The van der Waals surface area contributed by atoms with E-state index in [4.69, 9.17) is 4.74 Å². The molecule has 0 saturated carbocycles. The van der Waals surface area contributed by atoms with Gasteiger partial charge in [0.2, 0.25) is 0 Å². The Kier molecular flexibility index (Phi) is 5.53. The van der Waals surface area contributed by atoms with Gasteiger partial charge in [0.1, 0.15) is 17.9 Å². The molecule has 0 bridgehead atoms. The van der Waals surface area contributed by atoms with Crippen molar-refractivity contribution in [3.05, 3.63) is 68.1 Å². The van der Waals surface area contributed by atoms with Gasteiger partial charge in [-0.3, -0.25) is 20.2 Å². The summed E-state index contributed by atoms with van der Waals surface area (Å²) < 4.78 is 7.45. The van der Waals surface area contributed by atoms with Gasteiger partial charge >= 0.3 is 6.03 Å². The predicted octanol–water partition coefficient (Wildman–Crippen LogP) is 3.54. The minimum Gasteiger partial charge on any atom is -0.488 e. The van der Waals surface area contributed by atoms with Crippen molar-refractivity contribution in [1.29, 1.82) is 0 Å². The van der Waals surface area contributed by atoms with Crippen molar-refractivity contribution < 1.29 is 19.1 Å². The van der Waals surface area contributed by atoms with Crippen molar-refractivity contribution >= 4 is 55.8 Å². The van der Waals surface area contributed by atoms with E-state index in [0.29, 0.717) is 22.4 Å². The number of benzene rings is 2. The van der Waals surface area contributed by atoms with E-state index in [9.17, 15) is 14.4 Å². The summed E-state index contributed by atoms with van der Waals surface area (Å²) in [6.45, 7) is 0.402. The third kappa shape index (κ3) is 4.39. The zero-order valence-corrected chi connectivity index (χ0v) is 16.4. The Hall–Kier alpha value is -2.45. The van der Waals surface area contributed by atoms with Gasteiger partial charge in [-0.25, -0.2) is 4.79 Å². The summed E-state index contributed by atoms with van der Waals surface area (Å²) in [5.74, 6) is -0.835. The molecule has 1 fully saturated rings. The summed E-state index contributed by atoms with van der Waals surface area (Å²) in [6, 6.07) is 12.1. The van der Waals surface area contributed by atoms with E-state index in [-0.39, 0.29) is 5.57 Å². The highest BCUT2D eigenvalue weighted by Gasteiger charge is 2.27. The van der Waals surface area contributed by atoms with E-state index in [2.05, 4.69) is 31.9 Å². The number of carbonyl (C=O) groups is 3. The molecule has 26 heavy (non-hydrogen) atoms. The van der Waals surface area contributed by atoms with E-state index in [1.807, 2.05) is 34.9 Å². The lowest BCUT2D eigenvalue weighted by Crippen LogP contribution is -2.51. The van der Waals surface area contributed by atoms with Crippen LogP contribution in [0.15, 0.2) is 57.0 Å². The molecule has 2 aromatic rings. The lowest BCUT2D eigenvalue weighted by molar-refractivity contribution is -0.123. The normalized spacial score (nSPS) is 13.9. The van der Waals surface area contributed by atoms with E-state index < -0.39 is 17.8 Å². The van der Waals surface area contributed by atoms with Crippen LogP contribution in [0, 0.1) is 0 Å². The highest BCUT2D eigenvalue weighted by Crippen LogP contribution is 2.28. The average Bonchev–Trinajstić information content (AvgIpc) is 2.59. The van der Waals surface area contributed by atoms with Crippen LogP contribution in [-0.2, 0) is 16.2 Å². The van der Waals surface area contributed by atoms with Crippen LogP contribution in [0.25, 0.3) is 6.08 Å². The first-order valence-electron chi connectivity index (χ1n) is 7.47. The van der Waals surface area contributed by atoms with Crippen LogP contribution in [0.5, 0.6) is 5.75 Å². The summed E-state index contributed by atoms with van der Waals surface area (Å²) >= 11 is 6.80. The van der Waals surface area contributed by atoms with Crippen LogP contribution in [0.4, 0.5) is 4.79 Å². The Morgan fingerprint density at radius 3 is 2.19 bits per heavy atom. The zero-order chi connectivity index (χ0) is 18.7. The smallest absolute Gasteiger partial charge is 0.328 e. The summed E-state index contributed by atoms with van der Waals surface area (Å²) in [5, 5.41) is 4.06. The van der Waals surface area contributed by atoms with Crippen LogP contribution in [-0.4, -0.2) is 17.8 Å². The maximum absolute atomic E-state index is 11.8. The standard InChI is InChI=1S/C18H12Br2N2O4/c19-12-4-1-10(2-5-12)9-26-15-6-3-11(8-14(15)20)7-13-16(23)21-18(25)22-17(13)24/h1-8H,9H2,(H2,21,22,23,24,25). The molecule has 0 atom stereocenters. The molecule has 0 aliphatic carbocycles. The van der Waals surface area contributed by atoms with Crippen molar-refractivity contribution in [1.82, 2.24) is 10.6 Å². The van der Waals surface area contributed by atoms with Gasteiger partial charge in [0.25, 0.3) is 11.8 Å². The van der Waals surface area contributed by atoms with Crippen LogP contribution in [0.1, 0.15) is 11.1 Å². The average molecular weight is 480 g/mol. The third-order valence-electron chi connectivity index (χ3n) is 3.52. The number of hydrogen-bond donors (Lipinski definition) is 2. The molecule has 2 N–H and O–H groups in total. The van der Waals surface area contributed by atoms with E-state index >= 15 is 0 Å². The Bertz CT molecular complexity index is 901. The molecule has 3 rings (SSSR count). The second-order valence-electron chi connectivity index (χ2n) is 5.40. The van der Waals surface area contributed by atoms with Crippen molar-refractivity contribution in [2.75, 3.05) is 0 Å². The third-order valence-corrected chi connectivity index (χ3v) is 4.67. The topological polar surface area (TPSA) is 84.5 Å². The number of carbonyl (C=O) groups excluding carboxylic acids is 3. The maximum atomic E-state index is 11.8. The van der Waals surface area contributed by atoms with Gasteiger partial charge < -0.3 is 4.74 Å². The van der Waals surface area contributed by atoms with Crippen molar-refractivity contribution in [2.45, 2.75) is 6.61 Å². The lowest BCUT2D eigenvalue weighted by atomic mass is 10.1. The Balaban J connectivity index is 1.74. The number of urea groups is 1. The van der Waals surface area contributed by atoms with Crippen LogP contribution in [0.2, 0.25) is 0 Å². The molecule has 0 aromatic heterocycles. The molecule has 2 aromatic carbocycles. The second-order valence-corrected chi connectivity index (χ2v) is 7.17. The Morgan fingerprint density at radius 1 is 0.923 bits per heavy atom. The summed E-state index contributed by atoms with van der Waals surface area (Å²) in [6.07, 6.45) is 1.40. The van der Waals surface area contributed by atoms with Gasteiger partial charge in [-0.15, -0.1) is 0 Å². The fourth-order valence-corrected chi connectivity index (χ4v) is 3.01. The quantitative estimate of drug-likeness (QED) is 0.518. The molecule has 6 nitrogen and oxygen atoms in total. The number of nitrogens with one attached hydrogen (secondary N) is 2. The number of hydrogen-bond acceptors (Lipinski definition) is 4. The fraction of sp³-hybridized carbons (Fsp3) is 0.0556. The largest absolute Gasteiger partial charge is 0.488 e. The molecular formula is C18H12Br2N2O4. The molecule has 132 valence electrons. The first kappa shape index (κ1) is 18.3. The monoisotopic (exact) mass is 478 g/mol. The van der Waals surface area contributed by atoms with Crippen LogP contribution in [0.3, 0.4) is 0 Å². The SMILES string of the molecule is O=C1NC(=O)C(=Cc2ccc(OCc3ccc(Br)cc3)c(Br)c2)C(=O)N1. The van der Waals surface area contributed by atoms with Gasteiger partial charge in [-0.1, -0.05) is 34.1 Å². The molecule has 8 heteroatoms. The maximum Gasteiger partial charge on any atom is 0.328 e. The van der Waals surface area contributed by atoms with Gasteiger partial charge in [-0.05, 0) is 57.4 Å². The minimum atomic E-state index is -0.824. The second kappa shape index (κ2) is 7.84. The number of rotatable bonds is 4. The summed E-state index contributed by atoms with van der Waals surface area (Å²) in [5.41, 5.74) is 1.49. The number of ether oxygens (including phenoxy) is 1. The number of amides is 4. The van der Waals surface area contributed by atoms with Gasteiger partial charge in [0.15, 0.2) is 0 Å².